The van der Waals surface area contributed by atoms with Gasteiger partial charge in [-0.25, -0.2) is 4.98 Å². The van der Waals surface area contributed by atoms with Gasteiger partial charge in [-0.2, -0.15) is 0 Å². The van der Waals surface area contributed by atoms with E-state index in [0.717, 1.165) is 0 Å². The van der Waals surface area contributed by atoms with Crippen molar-refractivity contribution in [1.82, 2.24) is 10.1 Å². The maximum absolute atomic E-state index is 4.60. The molecule has 0 aliphatic rings. The van der Waals surface area contributed by atoms with E-state index in [1.165, 1.54) is 0 Å². The van der Waals surface area contributed by atoms with Crippen LogP contribution in [0.25, 0.3) is 0 Å². The largest absolute Gasteiger partial charge is 0.352 e. The SMILES string of the molecule is Bc1nc(C)no1. The van der Waals surface area contributed by atoms with Gasteiger partial charge in [0.2, 0.25) is 7.85 Å². The van der Waals surface area contributed by atoms with Gasteiger partial charge in [-0.3, -0.25) is 0 Å². The lowest BCUT2D eigenvalue weighted by Gasteiger charge is -1.64. The first kappa shape index (κ1) is 4.37. The van der Waals surface area contributed by atoms with E-state index >= 15 is 0 Å². The second-order valence-electron chi connectivity index (χ2n) is 1.36. The van der Waals surface area contributed by atoms with Gasteiger partial charge in [-0.15, -0.1) is 0 Å². The quantitative estimate of drug-likeness (QED) is 0.374. The molecule has 0 fully saturated rings. The Kier molecular flexibility index (Phi) is 0.853. The fraction of sp³-hybridized carbons (Fsp3) is 0.333. The average Bonchev–Trinajstić information content (AvgIpc) is 1.87. The van der Waals surface area contributed by atoms with E-state index in [2.05, 4.69) is 14.7 Å². The summed E-state index contributed by atoms with van der Waals surface area (Å²) >= 11 is 0. The van der Waals surface area contributed by atoms with Crippen molar-refractivity contribution >= 4 is 13.6 Å². The molecule has 1 rings (SSSR count). The predicted molar refractivity (Wildman–Crippen MR) is 27.2 cm³/mol. The molecule has 7 heavy (non-hydrogen) atoms. The van der Waals surface area contributed by atoms with E-state index < -0.39 is 0 Å². The normalized spacial score (nSPS) is 9.29. The first-order chi connectivity index (χ1) is 3.29. The lowest BCUT2D eigenvalue weighted by Crippen LogP contribution is -2.00. The molecule has 0 aliphatic heterocycles. The minimum Gasteiger partial charge on any atom is -0.352 e. The van der Waals surface area contributed by atoms with Crippen LogP contribution < -0.4 is 5.79 Å². The van der Waals surface area contributed by atoms with Gasteiger partial charge in [-0.05, 0) is 6.92 Å². The molecule has 3 nitrogen and oxygen atoms in total. The van der Waals surface area contributed by atoms with E-state index in [1.54, 1.807) is 14.8 Å². The van der Waals surface area contributed by atoms with Crippen LogP contribution in [0.3, 0.4) is 0 Å². The van der Waals surface area contributed by atoms with Crippen molar-refractivity contribution in [3.05, 3.63) is 5.82 Å². The third kappa shape index (κ3) is 0.794. The molecule has 0 unspecified atom stereocenters. The summed E-state index contributed by atoms with van der Waals surface area (Å²) in [6, 6.07) is 0. The molecule has 0 saturated heterocycles. The van der Waals surface area contributed by atoms with E-state index in [1.807, 2.05) is 0 Å². The van der Waals surface area contributed by atoms with Crippen molar-refractivity contribution in [2.75, 3.05) is 0 Å². The summed E-state index contributed by atoms with van der Waals surface area (Å²) in [5, 5.41) is 3.53. The van der Waals surface area contributed by atoms with Gasteiger partial charge in [0.1, 0.15) is 0 Å². The summed E-state index contributed by atoms with van der Waals surface area (Å²) in [5.41, 5.74) is 0. The van der Waals surface area contributed by atoms with E-state index in [9.17, 15) is 0 Å². The lowest BCUT2D eigenvalue weighted by molar-refractivity contribution is 0.440. The minimum atomic E-state index is 0.623. The Bertz CT molecular complexity index is 145. The summed E-state index contributed by atoms with van der Waals surface area (Å²) in [7, 11) is 1.76. The number of hydrogen-bond acceptors (Lipinski definition) is 3. The average molecular weight is 95.9 g/mol. The molecular weight excluding hydrogens is 90.9 g/mol. The van der Waals surface area contributed by atoms with Crippen LogP contribution in [0.15, 0.2) is 4.52 Å². The molecule has 0 aliphatic carbocycles. The third-order valence-electron chi connectivity index (χ3n) is 0.629. The highest BCUT2D eigenvalue weighted by Crippen LogP contribution is 1.75. The van der Waals surface area contributed by atoms with E-state index in [0.29, 0.717) is 11.6 Å². The van der Waals surface area contributed by atoms with E-state index in [4.69, 9.17) is 0 Å². The molecule has 0 atom stereocenters. The standard InChI is InChI=1S/C3H5BN2O/c1-2-5-3(4)7-6-2/h4H2,1H3. The summed E-state index contributed by atoms with van der Waals surface area (Å²) in [4.78, 5) is 3.83. The zero-order valence-electron chi connectivity index (χ0n) is 4.30. The Labute approximate surface area is 42.1 Å². The fourth-order valence-corrected chi connectivity index (χ4v) is 0.401. The van der Waals surface area contributed by atoms with Crippen LogP contribution in [0.1, 0.15) is 5.82 Å². The highest BCUT2D eigenvalue weighted by atomic mass is 16.5. The van der Waals surface area contributed by atoms with Gasteiger partial charge in [0.15, 0.2) is 11.6 Å². The second-order valence-corrected chi connectivity index (χ2v) is 1.36. The summed E-state index contributed by atoms with van der Waals surface area (Å²) in [5.74, 6) is 1.31. The van der Waals surface area contributed by atoms with Crippen LogP contribution in [0, 0.1) is 6.92 Å². The summed E-state index contributed by atoms with van der Waals surface area (Å²) in [6.07, 6.45) is 0. The molecular formula is C3H5BN2O. The minimum absolute atomic E-state index is 0.623. The second kappa shape index (κ2) is 1.37. The first-order valence-corrected chi connectivity index (χ1v) is 2.06. The van der Waals surface area contributed by atoms with Crippen LogP contribution in [-0.4, -0.2) is 18.0 Å². The van der Waals surface area contributed by atoms with Gasteiger partial charge in [0, 0.05) is 0 Å². The van der Waals surface area contributed by atoms with Crippen molar-refractivity contribution in [1.29, 1.82) is 0 Å². The van der Waals surface area contributed by atoms with Crippen molar-refractivity contribution in [2.45, 2.75) is 6.92 Å². The maximum atomic E-state index is 4.60. The molecule has 36 valence electrons. The summed E-state index contributed by atoms with van der Waals surface area (Å²) < 4.78 is 4.60. The van der Waals surface area contributed by atoms with Gasteiger partial charge in [0.25, 0.3) is 0 Å². The molecule has 0 N–H and O–H groups in total. The van der Waals surface area contributed by atoms with Crippen molar-refractivity contribution in [3.8, 4) is 0 Å². The number of nitrogens with zero attached hydrogens (tertiary/aromatic N) is 2. The molecule has 0 amide bonds. The Morgan fingerprint density at radius 1 is 1.71 bits per heavy atom. The predicted octanol–water partition coefficient (Wildman–Crippen LogP) is -1.36. The van der Waals surface area contributed by atoms with E-state index in [-0.39, 0.29) is 0 Å². The third-order valence-corrected chi connectivity index (χ3v) is 0.629. The Hall–Kier alpha value is -0.795. The van der Waals surface area contributed by atoms with Crippen LogP contribution in [0.2, 0.25) is 0 Å². The first-order valence-electron chi connectivity index (χ1n) is 2.06. The smallest absolute Gasteiger partial charge is 0.216 e. The number of aryl methyl sites for hydroxylation is 1. The highest BCUT2D eigenvalue weighted by molar-refractivity contribution is 6.28. The van der Waals surface area contributed by atoms with Gasteiger partial charge < -0.3 is 4.52 Å². The maximum Gasteiger partial charge on any atom is 0.216 e. The van der Waals surface area contributed by atoms with Crippen LogP contribution >= 0.6 is 0 Å². The molecule has 1 aromatic heterocycles. The molecule has 0 spiro atoms. The molecule has 4 heteroatoms. The van der Waals surface area contributed by atoms with Gasteiger partial charge in [-0.1, -0.05) is 5.16 Å². The molecule has 0 bridgehead atoms. The molecule has 0 radical (unpaired) electrons. The van der Waals surface area contributed by atoms with Gasteiger partial charge >= 0.3 is 0 Å². The lowest BCUT2D eigenvalue weighted by atomic mass is 10.2. The highest BCUT2D eigenvalue weighted by Gasteiger charge is 1.89. The summed E-state index contributed by atoms with van der Waals surface area (Å²) in [6.45, 7) is 1.79. The van der Waals surface area contributed by atoms with Gasteiger partial charge in [0.05, 0.1) is 0 Å². The van der Waals surface area contributed by atoms with Crippen LogP contribution in [0.5, 0.6) is 0 Å². The van der Waals surface area contributed by atoms with Crippen molar-refractivity contribution < 1.29 is 4.52 Å². The van der Waals surface area contributed by atoms with Crippen LogP contribution in [-0.2, 0) is 0 Å². The Morgan fingerprint density at radius 2 is 2.43 bits per heavy atom. The molecule has 0 aromatic carbocycles. The molecule has 1 heterocycles. The zero-order chi connectivity index (χ0) is 5.28. The Morgan fingerprint density at radius 3 is 2.57 bits per heavy atom. The van der Waals surface area contributed by atoms with Crippen LogP contribution in [0.4, 0.5) is 0 Å². The fourth-order valence-electron chi connectivity index (χ4n) is 0.401. The monoisotopic (exact) mass is 96.0 g/mol. The van der Waals surface area contributed by atoms with Crippen molar-refractivity contribution in [2.24, 2.45) is 0 Å². The Balaban J connectivity index is 3.04. The topological polar surface area (TPSA) is 38.9 Å². The number of rotatable bonds is 0. The zero-order valence-corrected chi connectivity index (χ0v) is 4.30. The molecule has 0 saturated carbocycles. The number of aromatic nitrogens is 2. The number of hydrogen-bond donors (Lipinski definition) is 0. The molecule has 1 aromatic rings. The van der Waals surface area contributed by atoms with Crippen molar-refractivity contribution in [3.63, 3.8) is 0 Å².